The van der Waals surface area contributed by atoms with Crippen molar-refractivity contribution in [3.63, 3.8) is 0 Å². The predicted octanol–water partition coefficient (Wildman–Crippen LogP) is 9.86. The van der Waals surface area contributed by atoms with Crippen LogP contribution >= 0.6 is 31.9 Å². The Balaban J connectivity index is 1.57. The number of ether oxygens (including phenoxy) is 1. The molecule has 1 N–H and O–H groups in total. The van der Waals surface area contributed by atoms with E-state index >= 15 is 4.79 Å². The first-order valence-corrected chi connectivity index (χ1v) is 17.5. The molecule has 1 saturated carbocycles. The Morgan fingerprint density at radius 3 is 1.84 bits per heavy atom. The molecular weight excluding hydrogens is 742 g/mol. The minimum absolute atomic E-state index is 0.0906. The highest BCUT2D eigenvalue weighted by atomic mass is 79.9. The van der Waals surface area contributed by atoms with Crippen molar-refractivity contribution >= 4 is 65.2 Å². The number of carbonyl (C=O) groups excluding carboxylic acids is 2. The number of Topliss-reactive ketones (excluding diaryl/α,β-unsaturated/α-hetero) is 1. The molecule has 0 spiro atoms. The second kappa shape index (κ2) is 13.0. The van der Waals surface area contributed by atoms with Gasteiger partial charge in [0.1, 0.15) is 5.60 Å². The first-order valence-electron chi connectivity index (χ1n) is 15.9. The second-order valence-corrected chi connectivity index (χ2v) is 14.5. The SMILES string of the molecule is COC(=O)[C@@]1(C#N)[C@H](c2ccc(Br)cc2)C[C@](O)(c2ccc3ccccc3c2)[C@H](C(=O)c2ccc3ccccc3c2)[C@@H]1c1ccc(Br)cc1. The molecule has 7 heteroatoms. The number of nitriles is 1. The Morgan fingerprint density at radius 1 is 0.735 bits per heavy atom. The van der Waals surface area contributed by atoms with Crippen LogP contribution < -0.4 is 0 Å². The number of ketones is 1. The fourth-order valence-electron chi connectivity index (χ4n) is 7.83. The maximum absolute atomic E-state index is 15.3. The minimum atomic E-state index is -1.89. The standard InChI is InChI=1S/C42H31Br2NO4/c1-49-40(47)41(25-45)36(28-13-18-34(43)19-14-28)24-42(48,33-17-12-27-7-3-5-9-31(27)23-33)38(37(41)29-15-20-35(44)21-16-29)39(46)32-11-10-26-6-2-4-8-30(26)22-32/h2-23,36-38,48H,24H2,1H3/t36-,37-,38-,41-,42-/m0/s1. The molecule has 7 rings (SSSR count). The smallest absolute Gasteiger partial charge is 0.327 e. The molecule has 0 amide bonds. The van der Waals surface area contributed by atoms with E-state index in [-0.39, 0.29) is 12.2 Å². The van der Waals surface area contributed by atoms with Crippen LogP contribution in [0, 0.1) is 22.7 Å². The number of halogens is 2. The van der Waals surface area contributed by atoms with E-state index in [1.165, 1.54) is 7.11 Å². The van der Waals surface area contributed by atoms with Gasteiger partial charge in [0.2, 0.25) is 0 Å². The van der Waals surface area contributed by atoms with E-state index in [2.05, 4.69) is 37.9 Å². The molecule has 6 aromatic rings. The third-order valence-corrected chi connectivity index (χ3v) is 11.2. The fraction of sp³-hybridized carbons (Fsp3) is 0.167. The largest absolute Gasteiger partial charge is 0.468 e. The summed E-state index contributed by atoms with van der Waals surface area (Å²) in [6.07, 6.45) is -0.0906. The van der Waals surface area contributed by atoms with Crippen LogP contribution in [0.3, 0.4) is 0 Å². The average molecular weight is 774 g/mol. The molecule has 5 atom stereocenters. The zero-order valence-electron chi connectivity index (χ0n) is 26.5. The Kier molecular flexibility index (Phi) is 8.74. The van der Waals surface area contributed by atoms with Crippen LogP contribution in [0.15, 0.2) is 142 Å². The maximum atomic E-state index is 15.3. The van der Waals surface area contributed by atoms with Crippen molar-refractivity contribution in [3.05, 3.63) is 165 Å². The first kappa shape index (κ1) is 32.9. The van der Waals surface area contributed by atoms with Gasteiger partial charge in [-0.1, -0.05) is 129 Å². The molecule has 0 heterocycles. The predicted molar refractivity (Wildman–Crippen MR) is 198 cm³/mol. The lowest BCUT2D eigenvalue weighted by Crippen LogP contribution is -2.59. The normalized spacial score (nSPS) is 23.5. The Morgan fingerprint density at radius 2 is 1.27 bits per heavy atom. The lowest BCUT2D eigenvalue weighted by atomic mass is 9.47. The molecule has 49 heavy (non-hydrogen) atoms. The van der Waals surface area contributed by atoms with Gasteiger partial charge in [-0.15, -0.1) is 0 Å². The van der Waals surface area contributed by atoms with E-state index in [0.717, 1.165) is 30.5 Å². The molecule has 1 fully saturated rings. The van der Waals surface area contributed by atoms with Gasteiger partial charge < -0.3 is 9.84 Å². The second-order valence-electron chi connectivity index (χ2n) is 12.7. The van der Waals surface area contributed by atoms with Crippen LogP contribution in [0.5, 0.6) is 0 Å². The molecule has 0 saturated heterocycles. The topological polar surface area (TPSA) is 87.4 Å². The zero-order valence-corrected chi connectivity index (χ0v) is 29.7. The summed E-state index contributed by atoms with van der Waals surface area (Å²) in [6, 6.07) is 43.9. The van der Waals surface area contributed by atoms with E-state index in [1.807, 2.05) is 127 Å². The summed E-state index contributed by atoms with van der Waals surface area (Å²) in [5.74, 6) is -4.36. The summed E-state index contributed by atoms with van der Waals surface area (Å²) >= 11 is 7.03. The first-order chi connectivity index (χ1) is 23.7. The number of nitrogens with zero attached hydrogens (tertiary/aromatic N) is 1. The molecule has 1 aliphatic carbocycles. The van der Waals surface area contributed by atoms with E-state index < -0.39 is 34.7 Å². The van der Waals surface area contributed by atoms with Gasteiger partial charge in [-0.05, 0) is 81.1 Å². The number of benzene rings is 6. The quantitative estimate of drug-likeness (QED) is 0.135. The van der Waals surface area contributed by atoms with Gasteiger partial charge in [0.05, 0.1) is 19.1 Å². The molecule has 0 unspecified atom stereocenters. The lowest BCUT2D eigenvalue weighted by molar-refractivity contribution is -0.162. The summed E-state index contributed by atoms with van der Waals surface area (Å²) in [4.78, 5) is 29.7. The lowest BCUT2D eigenvalue weighted by Gasteiger charge is -2.54. The number of methoxy groups -OCH3 is 1. The number of esters is 1. The molecule has 242 valence electrons. The highest BCUT2D eigenvalue weighted by molar-refractivity contribution is 9.10. The number of hydrogen-bond donors (Lipinski definition) is 1. The monoisotopic (exact) mass is 771 g/mol. The summed E-state index contributed by atoms with van der Waals surface area (Å²) < 4.78 is 7.10. The fourth-order valence-corrected chi connectivity index (χ4v) is 8.36. The van der Waals surface area contributed by atoms with Crippen molar-refractivity contribution in [3.8, 4) is 6.07 Å². The van der Waals surface area contributed by atoms with Crippen LogP contribution in [0.4, 0.5) is 0 Å². The Hall–Kier alpha value is -4.61. The van der Waals surface area contributed by atoms with Crippen LogP contribution in [0.1, 0.15) is 45.3 Å². The van der Waals surface area contributed by atoms with E-state index in [9.17, 15) is 15.2 Å². The average Bonchev–Trinajstić information content (AvgIpc) is 3.14. The number of hydrogen-bond acceptors (Lipinski definition) is 5. The Bertz CT molecular complexity index is 2260. The number of aliphatic hydroxyl groups is 1. The molecule has 6 aromatic carbocycles. The zero-order chi connectivity index (χ0) is 34.3. The Labute approximate surface area is 301 Å². The highest BCUT2D eigenvalue weighted by Gasteiger charge is 2.67. The third kappa shape index (κ3) is 5.58. The molecule has 0 aliphatic heterocycles. The molecular formula is C42H31Br2NO4. The van der Waals surface area contributed by atoms with Gasteiger partial charge in [-0.2, -0.15) is 5.26 Å². The van der Waals surface area contributed by atoms with Crippen LogP contribution in [0.25, 0.3) is 21.5 Å². The van der Waals surface area contributed by atoms with E-state index in [4.69, 9.17) is 4.74 Å². The summed E-state index contributed by atoms with van der Waals surface area (Å²) in [7, 11) is 1.27. The van der Waals surface area contributed by atoms with Crippen LogP contribution in [-0.4, -0.2) is 24.0 Å². The third-order valence-electron chi connectivity index (χ3n) is 10.2. The van der Waals surface area contributed by atoms with Crippen molar-refractivity contribution < 1.29 is 19.4 Å². The minimum Gasteiger partial charge on any atom is -0.468 e. The van der Waals surface area contributed by atoms with Crippen molar-refractivity contribution in [1.82, 2.24) is 0 Å². The van der Waals surface area contributed by atoms with E-state index in [0.29, 0.717) is 22.3 Å². The molecule has 0 bridgehead atoms. The van der Waals surface area contributed by atoms with Gasteiger partial charge in [-0.3, -0.25) is 9.59 Å². The summed E-state index contributed by atoms with van der Waals surface area (Å²) in [5.41, 5.74) is -1.56. The van der Waals surface area contributed by atoms with E-state index in [1.54, 1.807) is 6.07 Å². The van der Waals surface area contributed by atoms with Crippen LogP contribution in [0.2, 0.25) is 0 Å². The van der Waals surface area contributed by atoms with Gasteiger partial charge >= 0.3 is 5.97 Å². The number of carbonyl (C=O) groups is 2. The molecule has 0 radical (unpaired) electrons. The summed E-state index contributed by atoms with van der Waals surface area (Å²) in [5, 5.41) is 28.5. The summed E-state index contributed by atoms with van der Waals surface area (Å²) in [6.45, 7) is 0. The molecule has 5 nitrogen and oxygen atoms in total. The van der Waals surface area contributed by atoms with Crippen molar-refractivity contribution in [2.75, 3.05) is 7.11 Å². The maximum Gasteiger partial charge on any atom is 0.327 e. The number of rotatable bonds is 6. The molecule has 1 aliphatic rings. The van der Waals surface area contributed by atoms with Gasteiger partial charge in [0.25, 0.3) is 0 Å². The van der Waals surface area contributed by atoms with Gasteiger partial charge in [0.15, 0.2) is 11.2 Å². The highest BCUT2D eigenvalue weighted by Crippen LogP contribution is 2.64. The van der Waals surface area contributed by atoms with Crippen molar-refractivity contribution in [2.24, 2.45) is 11.3 Å². The van der Waals surface area contributed by atoms with Gasteiger partial charge in [0, 0.05) is 26.3 Å². The molecule has 0 aromatic heterocycles. The number of fused-ring (bicyclic) bond motifs is 2. The van der Waals surface area contributed by atoms with Crippen molar-refractivity contribution in [2.45, 2.75) is 23.9 Å². The van der Waals surface area contributed by atoms with Crippen LogP contribution in [-0.2, 0) is 15.1 Å². The van der Waals surface area contributed by atoms with Gasteiger partial charge in [-0.25, -0.2) is 0 Å². The van der Waals surface area contributed by atoms with Crippen molar-refractivity contribution in [1.29, 1.82) is 5.26 Å².